The van der Waals surface area contributed by atoms with E-state index in [1.165, 1.54) is 4.90 Å². The first-order valence-corrected chi connectivity index (χ1v) is 11.6. The minimum atomic E-state index is -1.59. The molecule has 3 aliphatic rings. The van der Waals surface area contributed by atoms with Crippen LogP contribution in [0, 0.1) is 23.7 Å². The lowest BCUT2D eigenvalue weighted by Crippen LogP contribution is -2.55. The number of hydrogen-bond donors (Lipinski definition) is 2. The number of benzene rings is 2. The zero-order chi connectivity index (χ0) is 23.2. The summed E-state index contributed by atoms with van der Waals surface area (Å²) in [6.07, 6.45) is 1.00. The van der Waals surface area contributed by atoms with E-state index in [2.05, 4.69) is 0 Å². The van der Waals surface area contributed by atoms with E-state index in [0.29, 0.717) is 31.6 Å². The van der Waals surface area contributed by atoms with Crippen molar-refractivity contribution in [3.8, 4) is 11.5 Å². The molecule has 2 aromatic carbocycles. The monoisotopic (exact) mass is 451 g/mol. The summed E-state index contributed by atoms with van der Waals surface area (Å²) in [5, 5.41) is 21.5. The van der Waals surface area contributed by atoms with Gasteiger partial charge in [-0.1, -0.05) is 37.3 Å². The molecular weight excluding hydrogens is 422 g/mol. The maximum Gasteiger partial charge on any atom is 0.233 e. The van der Waals surface area contributed by atoms with Crippen LogP contribution >= 0.6 is 0 Å². The van der Waals surface area contributed by atoms with Crippen LogP contribution in [0.1, 0.15) is 37.9 Å². The van der Waals surface area contributed by atoms with Gasteiger partial charge in [0.2, 0.25) is 11.8 Å². The smallest absolute Gasteiger partial charge is 0.233 e. The number of ether oxygens (including phenoxy) is 2. The summed E-state index contributed by atoms with van der Waals surface area (Å²) in [7, 11) is 0. The second kappa shape index (κ2) is 8.47. The Balaban J connectivity index is 1.47. The minimum absolute atomic E-state index is 0.147. The highest BCUT2D eigenvalue weighted by Crippen LogP contribution is 2.58. The third kappa shape index (κ3) is 3.69. The predicted molar refractivity (Wildman–Crippen MR) is 119 cm³/mol. The molecule has 5 rings (SSSR count). The lowest BCUT2D eigenvalue weighted by Gasteiger charge is -2.44. The molecule has 7 nitrogen and oxygen atoms in total. The van der Waals surface area contributed by atoms with Crippen LogP contribution in [0.5, 0.6) is 11.5 Å². The van der Waals surface area contributed by atoms with E-state index in [1.54, 1.807) is 24.3 Å². The third-order valence-electron chi connectivity index (χ3n) is 7.36. The molecule has 0 bridgehead atoms. The van der Waals surface area contributed by atoms with Gasteiger partial charge in [-0.05, 0) is 49.1 Å². The second-order valence-electron chi connectivity index (χ2n) is 9.31. The largest absolute Gasteiger partial charge is 0.508 e. The Morgan fingerprint density at radius 1 is 1.06 bits per heavy atom. The maximum atomic E-state index is 13.3. The van der Waals surface area contributed by atoms with Gasteiger partial charge in [0.1, 0.15) is 11.5 Å². The van der Waals surface area contributed by atoms with Crippen molar-refractivity contribution >= 4 is 11.8 Å². The van der Waals surface area contributed by atoms with Gasteiger partial charge in [0.05, 0.1) is 24.5 Å². The number of amides is 2. The Kier molecular flexibility index (Phi) is 5.62. The first-order chi connectivity index (χ1) is 15.9. The number of hydrogen-bond acceptors (Lipinski definition) is 6. The average molecular weight is 452 g/mol. The molecule has 1 aliphatic carbocycles. The van der Waals surface area contributed by atoms with Gasteiger partial charge in [-0.15, -0.1) is 0 Å². The predicted octanol–water partition coefficient (Wildman–Crippen LogP) is 3.27. The molecule has 2 heterocycles. The Hall–Kier alpha value is -2.90. The summed E-state index contributed by atoms with van der Waals surface area (Å²) in [5.74, 6) is -3.16. The number of rotatable bonds is 6. The van der Waals surface area contributed by atoms with E-state index in [9.17, 15) is 19.8 Å². The number of fused-ring (bicyclic) bond motifs is 3. The fraction of sp³-hybridized carbons (Fsp3) is 0.462. The standard InChI is InChI=1S/C26H29NO6/c1-2-12-27-24(29)20-13-17(15-32-19-6-4-3-5-7-19)26(31)21(23(20)25(27)30)14-22(33-26)16-8-10-18(28)11-9-16/h3-11,17,20-23,28,31H,2,12-15H2,1H3/t17-,20+,21+,22+,23+,26-/m1/s1. The molecule has 0 spiro atoms. The number of phenolic OH excluding ortho intramolecular Hbond substituents is 1. The van der Waals surface area contributed by atoms with E-state index >= 15 is 0 Å². The van der Waals surface area contributed by atoms with Gasteiger partial charge in [-0.3, -0.25) is 14.5 Å². The van der Waals surface area contributed by atoms with Crippen LogP contribution in [-0.2, 0) is 14.3 Å². The van der Waals surface area contributed by atoms with Crippen LogP contribution in [0.15, 0.2) is 54.6 Å². The van der Waals surface area contributed by atoms with Crippen LogP contribution in [-0.4, -0.2) is 45.9 Å². The van der Waals surface area contributed by atoms with Crippen LogP contribution in [0.4, 0.5) is 0 Å². The van der Waals surface area contributed by atoms with Gasteiger partial charge in [0.25, 0.3) is 0 Å². The van der Waals surface area contributed by atoms with Gasteiger partial charge in [-0.2, -0.15) is 0 Å². The molecule has 2 aliphatic heterocycles. The average Bonchev–Trinajstić information content (AvgIpc) is 3.29. The molecule has 6 atom stereocenters. The van der Waals surface area contributed by atoms with Crippen molar-refractivity contribution in [1.82, 2.24) is 4.90 Å². The Morgan fingerprint density at radius 3 is 2.48 bits per heavy atom. The molecule has 2 amide bonds. The fourth-order valence-electron chi connectivity index (χ4n) is 5.79. The van der Waals surface area contributed by atoms with Gasteiger partial charge < -0.3 is 19.7 Å². The summed E-state index contributed by atoms with van der Waals surface area (Å²) in [4.78, 5) is 27.8. The quantitative estimate of drug-likeness (QED) is 0.655. The molecule has 7 heteroatoms. The van der Waals surface area contributed by atoms with Crippen LogP contribution in [0.3, 0.4) is 0 Å². The molecule has 0 radical (unpaired) electrons. The number of phenols is 1. The van der Waals surface area contributed by atoms with Crippen molar-refractivity contribution in [2.24, 2.45) is 23.7 Å². The number of nitrogens with zero attached hydrogens (tertiary/aromatic N) is 1. The van der Waals surface area contributed by atoms with Crippen molar-refractivity contribution in [3.63, 3.8) is 0 Å². The molecule has 3 fully saturated rings. The van der Waals surface area contributed by atoms with Gasteiger partial charge in [0.15, 0.2) is 5.79 Å². The van der Waals surface area contributed by atoms with Crippen molar-refractivity contribution in [3.05, 3.63) is 60.2 Å². The topological polar surface area (TPSA) is 96.3 Å². The molecular formula is C26H29NO6. The molecule has 2 aromatic rings. The van der Waals surface area contributed by atoms with Crippen molar-refractivity contribution in [2.75, 3.05) is 13.2 Å². The van der Waals surface area contributed by atoms with Gasteiger partial charge in [0, 0.05) is 18.4 Å². The molecule has 2 N–H and O–H groups in total. The van der Waals surface area contributed by atoms with Gasteiger partial charge >= 0.3 is 0 Å². The lowest BCUT2D eigenvalue weighted by atomic mass is 9.64. The molecule has 0 unspecified atom stereocenters. The first kappa shape index (κ1) is 21.9. The number of carbonyl (C=O) groups is 2. The zero-order valence-electron chi connectivity index (χ0n) is 18.6. The number of aromatic hydroxyl groups is 1. The van der Waals surface area contributed by atoms with Crippen molar-refractivity contribution in [2.45, 2.75) is 38.1 Å². The summed E-state index contributed by atoms with van der Waals surface area (Å²) >= 11 is 0. The normalized spacial score (nSPS) is 33.2. The zero-order valence-corrected chi connectivity index (χ0v) is 18.6. The van der Waals surface area contributed by atoms with Crippen molar-refractivity contribution < 1.29 is 29.3 Å². The summed E-state index contributed by atoms with van der Waals surface area (Å²) < 4.78 is 12.3. The number of aliphatic hydroxyl groups is 1. The van der Waals surface area contributed by atoms with Crippen LogP contribution < -0.4 is 4.74 Å². The third-order valence-corrected chi connectivity index (χ3v) is 7.36. The lowest BCUT2D eigenvalue weighted by molar-refractivity contribution is -0.272. The van der Waals surface area contributed by atoms with E-state index in [0.717, 1.165) is 5.56 Å². The van der Waals surface area contributed by atoms with E-state index in [4.69, 9.17) is 9.47 Å². The molecule has 174 valence electrons. The maximum absolute atomic E-state index is 13.3. The highest BCUT2D eigenvalue weighted by atomic mass is 16.6. The molecule has 0 aromatic heterocycles. The minimum Gasteiger partial charge on any atom is -0.508 e. The fourth-order valence-corrected chi connectivity index (χ4v) is 5.79. The van der Waals surface area contributed by atoms with E-state index in [-0.39, 0.29) is 24.2 Å². The van der Waals surface area contributed by atoms with Crippen molar-refractivity contribution in [1.29, 1.82) is 0 Å². The number of likely N-dealkylation sites (tertiary alicyclic amines) is 1. The van der Waals surface area contributed by atoms with Crippen LogP contribution in [0.2, 0.25) is 0 Å². The number of imide groups is 1. The Labute approximate surface area is 192 Å². The highest BCUT2D eigenvalue weighted by Gasteiger charge is 2.66. The second-order valence-corrected chi connectivity index (χ2v) is 9.31. The highest BCUT2D eigenvalue weighted by molar-refractivity contribution is 6.05. The Morgan fingerprint density at radius 2 is 1.79 bits per heavy atom. The van der Waals surface area contributed by atoms with E-state index < -0.39 is 35.6 Å². The Bertz CT molecular complexity index is 1020. The first-order valence-electron chi connectivity index (χ1n) is 11.6. The summed E-state index contributed by atoms with van der Waals surface area (Å²) in [6, 6.07) is 16.0. The molecule has 2 saturated heterocycles. The molecule has 1 saturated carbocycles. The van der Waals surface area contributed by atoms with Gasteiger partial charge in [-0.25, -0.2) is 0 Å². The summed E-state index contributed by atoms with van der Waals surface area (Å²) in [6.45, 7) is 2.51. The number of carbonyl (C=O) groups excluding carboxylic acids is 2. The SMILES string of the molecule is CCCN1C(=O)[C@H]2[C@H](C[C@H](COc3ccccc3)[C@@]3(O)O[C@H](c4ccc(O)cc4)C[C@@H]23)C1=O. The summed E-state index contributed by atoms with van der Waals surface area (Å²) in [5.41, 5.74) is 0.817. The van der Waals surface area contributed by atoms with Crippen LogP contribution in [0.25, 0.3) is 0 Å². The number of para-hydroxylation sites is 1. The van der Waals surface area contributed by atoms with E-state index in [1.807, 2.05) is 37.3 Å². The molecule has 33 heavy (non-hydrogen) atoms.